The molecule has 1 aliphatic rings. The Labute approximate surface area is 134 Å². The second-order valence-corrected chi connectivity index (χ2v) is 6.21. The molecule has 5 heteroatoms. The molecule has 1 fully saturated rings. The average molecular weight is 316 g/mol. The lowest BCUT2D eigenvalue weighted by Crippen LogP contribution is -2.39. The topological polar surface area (TPSA) is 45.1 Å². The van der Waals surface area contributed by atoms with E-state index in [9.17, 15) is 5.11 Å². The van der Waals surface area contributed by atoms with Gasteiger partial charge in [0.2, 0.25) is 0 Å². The molecule has 1 aromatic heterocycles. The number of rotatable bonds is 5. The summed E-state index contributed by atoms with van der Waals surface area (Å²) in [5.74, 6) is 0.269. The zero-order chi connectivity index (χ0) is 15.2. The maximum atomic E-state index is 9.79. The number of thiophene rings is 1. The van der Waals surface area contributed by atoms with E-state index in [0.29, 0.717) is 6.54 Å². The summed E-state index contributed by atoms with van der Waals surface area (Å²) in [4.78, 5) is 8.33. The van der Waals surface area contributed by atoms with Gasteiger partial charge in [-0.15, -0.1) is 11.3 Å². The fraction of sp³-hybridized carbons (Fsp3) is 0.353. The molecule has 0 unspecified atom stereocenters. The molecule has 2 heterocycles. The molecule has 0 bridgehead atoms. The van der Waals surface area contributed by atoms with Crippen LogP contribution in [0.15, 0.2) is 46.8 Å². The van der Waals surface area contributed by atoms with E-state index in [1.807, 2.05) is 18.2 Å². The Balaban J connectivity index is 1.71. The second-order valence-electron chi connectivity index (χ2n) is 5.23. The Hall–Kier alpha value is -1.69. The Kier molecular flexibility index (Phi) is 5.21. The zero-order valence-electron chi connectivity index (χ0n) is 12.4. The second kappa shape index (κ2) is 7.54. The van der Waals surface area contributed by atoms with Crippen LogP contribution in [0.4, 0.5) is 0 Å². The van der Waals surface area contributed by atoms with Gasteiger partial charge < -0.3 is 9.84 Å². The molecule has 2 aromatic rings. The largest absolute Gasteiger partial charge is 0.507 e. The minimum Gasteiger partial charge on any atom is -0.507 e. The molecule has 0 aliphatic carbocycles. The van der Waals surface area contributed by atoms with Crippen LogP contribution in [0.1, 0.15) is 16.5 Å². The van der Waals surface area contributed by atoms with Crippen molar-refractivity contribution in [1.82, 2.24) is 4.90 Å². The summed E-state index contributed by atoms with van der Waals surface area (Å²) >= 11 is 1.77. The fourth-order valence-corrected chi connectivity index (χ4v) is 3.46. The lowest BCUT2D eigenvalue weighted by molar-refractivity contribution is 0.0187. The van der Waals surface area contributed by atoms with E-state index in [4.69, 9.17) is 4.74 Å². The van der Waals surface area contributed by atoms with E-state index in [1.165, 1.54) is 4.88 Å². The molecule has 0 radical (unpaired) electrons. The first-order chi connectivity index (χ1) is 10.8. The number of aromatic hydroxyl groups is 1. The van der Waals surface area contributed by atoms with Crippen molar-refractivity contribution in [1.29, 1.82) is 0 Å². The quantitative estimate of drug-likeness (QED) is 0.863. The van der Waals surface area contributed by atoms with Gasteiger partial charge in [0.25, 0.3) is 0 Å². The maximum Gasteiger partial charge on any atom is 0.124 e. The number of hydrogen-bond acceptors (Lipinski definition) is 5. The summed E-state index contributed by atoms with van der Waals surface area (Å²) in [5, 5.41) is 11.9. The molecule has 0 amide bonds. The summed E-state index contributed by atoms with van der Waals surface area (Å²) in [6.07, 6.45) is 1.76. The maximum absolute atomic E-state index is 9.79. The molecule has 1 atom stereocenters. The molecule has 1 N–H and O–H groups in total. The van der Waals surface area contributed by atoms with Gasteiger partial charge in [0.15, 0.2) is 0 Å². The van der Waals surface area contributed by atoms with E-state index in [1.54, 1.807) is 23.6 Å². The van der Waals surface area contributed by atoms with Gasteiger partial charge in [0.1, 0.15) is 5.75 Å². The number of benzene rings is 1. The third-order valence-corrected chi connectivity index (χ3v) is 4.78. The molecule has 116 valence electrons. The van der Waals surface area contributed by atoms with E-state index < -0.39 is 0 Å². The van der Waals surface area contributed by atoms with Gasteiger partial charge in [-0.3, -0.25) is 9.89 Å². The van der Waals surface area contributed by atoms with Crippen molar-refractivity contribution < 1.29 is 9.84 Å². The first-order valence-corrected chi connectivity index (χ1v) is 8.35. The highest BCUT2D eigenvalue weighted by Crippen LogP contribution is 2.26. The number of phenols is 1. The van der Waals surface area contributed by atoms with Gasteiger partial charge in [0.05, 0.1) is 25.8 Å². The van der Waals surface area contributed by atoms with Crippen LogP contribution in [-0.2, 0) is 4.74 Å². The van der Waals surface area contributed by atoms with Gasteiger partial charge in [-0.2, -0.15) is 0 Å². The van der Waals surface area contributed by atoms with Crippen molar-refractivity contribution in [3.63, 3.8) is 0 Å². The molecular weight excluding hydrogens is 296 g/mol. The Bertz CT molecular complexity index is 607. The molecule has 4 nitrogen and oxygen atoms in total. The first kappa shape index (κ1) is 15.2. The van der Waals surface area contributed by atoms with Gasteiger partial charge in [-0.25, -0.2) is 0 Å². The molecule has 0 spiro atoms. The summed E-state index contributed by atoms with van der Waals surface area (Å²) in [6, 6.07) is 11.8. The number of phenolic OH excluding ortho intramolecular Hbond substituents is 1. The molecular formula is C17H20N2O2S. The van der Waals surface area contributed by atoms with Crippen molar-refractivity contribution in [3.8, 4) is 5.75 Å². The van der Waals surface area contributed by atoms with E-state index in [-0.39, 0.29) is 11.8 Å². The van der Waals surface area contributed by atoms with Crippen molar-refractivity contribution in [2.24, 2.45) is 4.99 Å². The first-order valence-electron chi connectivity index (χ1n) is 7.47. The standard InChI is InChI=1S/C17H20N2O2S/c20-16-5-2-1-4-14(16)12-18-13-15(17-6-3-11-22-17)19-7-9-21-10-8-19/h1-6,11-12,15,20H,7-10,13H2/t15-/m1/s1. The van der Waals surface area contributed by atoms with Gasteiger partial charge >= 0.3 is 0 Å². The minimum absolute atomic E-state index is 0.269. The Morgan fingerprint density at radius 2 is 2.05 bits per heavy atom. The number of para-hydroxylation sites is 1. The number of nitrogens with zero attached hydrogens (tertiary/aromatic N) is 2. The van der Waals surface area contributed by atoms with Gasteiger partial charge in [-0.05, 0) is 23.6 Å². The van der Waals surface area contributed by atoms with Crippen LogP contribution in [0, 0.1) is 0 Å². The van der Waals surface area contributed by atoms with Crippen molar-refractivity contribution in [2.75, 3.05) is 32.8 Å². The summed E-state index contributed by atoms with van der Waals surface area (Å²) in [6.45, 7) is 4.13. The predicted octanol–water partition coefficient (Wildman–Crippen LogP) is 2.95. The highest BCUT2D eigenvalue weighted by Gasteiger charge is 2.22. The van der Waals surface area contributed by atoms with Crippen LogP contribution in [0.5, 0.6) is 5.75 Å². The predicted molar refractivity (Wildman–Crippen MR) is 90.0 cm³/mol. The fourth-order valence-electron chi connectivity index (χ4n) is 2.60. The van der Waals surface area contributed by atoms with Gasteiger partial charge in [0, 0.05) is 29.7 Å². The van der Waals surface area contributed by atoms with E-state index in [0.717, 1.165) is 31.9 Å². The summed E-state index contributed by atoms with van der Waals surface area (Å²) in [5.41, 5.74) is 0.759. The van der Waals surface area contributed by atoms with Crippen molar-refractivity contribution in [2.45, 2.75) is 6.04 Å². The highest BCUT2D eigenvalue weighted by molar-refractivity contribution is 7.10. The van der Waals surface area contributed by atoms with Crippen LogP contribution >= 0.6 is 11.3 Å². The SMILES string of the molecule is Oc1ccccc1C=NC[C@H](c1cccs1)N1CCOCC1. The van der Waals surface area contributed by atoms with Crippen LogP contribution in [0.2, 0.25) is 0 Å². The lowest BCUT2D eigenvalue weighted by atomic mass is 10.2. The molecule has 1 aromatic carbocycles. The molecule has 0 saturated carbocycles. The third kappa shape index (κ3) is 3.74. The van der Waals surface area contributed by atoms with Crippen LogP contribution in [0.25, 0.3) is 0 Å². The van der Waals surface area contributed by atoms with Crippen LogP contribution < -0.4 is 0 Å². The number of morpholine rings is 1. The normalized spacial score (nSPS) is 17.8. The summed E-state index contributed by atoms with van der Waals surface area (Å²) in [7, 11) is 0. The Morgan fingerprint density at radius 1 is 1.23 bits per heavy atom. The average Bonchev–Trinajstić information content (AvgIpc) is 3.08. The monoisotopic (exact) mass is 316 g/mol. The highest BCUT2D eigenvalue weighted by atomic mass is 32.1. The molecule has 3 rings (SSSR count). The zero-order valence-corrected chi connectivity index (χ0v) is 13.2. The number of hydrogen-bond donors (Lipinski definition) is 1. The van der Waals surface area contributed by atoms with Crippen LogP contribution in [-0.4, -0.2) is 49.1 Å². The minimum atomic E-state index is 0.269. The van der Waals surface area contributed by atoms with E-state index in [2.05, 4.69) is 27.4 Å². The van der Waals surface area contributed by atoms with Crippen molar-refractivity contribution in [3.05, 3.63) is 52.2 Å². The summed E-state index contributed by atoms with van der Waals surface area (Å²) < 4.78 is 5.45. The molecule has 22 heavy (non-hydrogen) atoms. The number of ether oxygens (including phenoxy) is 1. The van der Waals surface area contributed by atoms with Crippen LogP contribution in [0.3, 0.4) is 0 Å². The van der Waals surface area contributed by atoms with E-state index >= 15 is 0 Å². The number of aliphatic imine (C=N–C) groups is 1. The smallest absolute Gasteiger partial charge is 0.124 e. The molecule has 1 saturated heterocycles. The lowest BCUT2D eigenvalue weighted by Gasteiger charge is -2.33. The molecule has 1 aliphatic heterocycles. The Morgan fingerprint density at radius 3 is 2.77 bits per heavy atom. The van der Waals surface area contributed by atoms with Crippen molar-refractivity contribution >= 4 is 17.6 Å². The van der Waals surface area contributed by atoms with Gasteiger partial charge in [-0.1, -0.05) is 18.2 Å². The third-order valence-electron chi connectivity index (χ3n) is 3.80.